The van der Waals surface area contributed by atoms with Crippen LogP contribution in [0.4, 0.5) is 22.7 Å². The Morgan fingerprint density at radius 3 is 1.93 bits per heavy atom. The predicted molar refractivity (Wildman–Crippen MR) is 360 cm³/mol. The summed E-state index contributed by atoms with van der Waals surface area (Å²) in [5.41, 5.74) is 13.8. The molecule has 0 saturated heterocycles. The summed E-state index contributed by atoms with van der Waals surface area (Å²) < 4.78 is 103. The highest BCUT2D eigenvalue weighted by molar-refractivity contribution is 6.09. The molecular weight excluding hydrogens is 1030 g/mol. The van der Waals surface area contributed by atoms with Crippen LogP contribution >= 0.6 is 0 Å². The van der Waals surface area contributed by atoms with Gasteiger partial charge in [-0.25, -0.2) is 4.98 Å². The summed E-state index contributed by atoms with van der Waals surface area (Å²) in [4.78, 5) is 9.55. The van der Waals surface area contributed by atoms with E-state index in [-0.39, 0.29) is 87.3 Å². The van der Waals surface area contributed by atoms with Crippen molar-refractivity contribution in [2.45, 2.75) is 124 Å². The summed E-state index contributed by atoms with van der Waals surface area (Å²) in [5, 5.41) is 0.848. The molecule has 1 aliphatic heterocycles. The number of pyridine rings is 1. The Hall–Kier alpha value is -8.67. The van der Waals surface area contributed by atoms with E-state index < -0.39 is 18.3 Å². The van der Waals surface area contributed by atoms with Crippen molar-refractivity contribution in [3.05, 3.63) is 240 Å². The van der Waals surface area contributed by atoms with Crippen LogP contribution in [0.3, 0.4) is 0 Å². The average molecular weight is 1120 g/mol. The normalized spacial score (nSPS) is 16.6. The first-order chi connectivity index (χ1) is 44.8. The van der Waals surface area contributed by atoms with Crippen LogP contribution < -0.4 is 14.5 Å². The monoisotopic (exact) mass is 1120 g/mol. The highest BCUT2D eigenvalue weighted by Crippen LogP contribution is 2.52. The molecule has 0 fully saturated rings. The molecule has 0 spiro atoms. The Morgan fingerprint density at radius 1 is 0.541 bits per heavy atom. The predicted octanol–water partition coefficient (Wildman–Crippen LogP) is 22.0. The van der Waals surface area contributed by atoms with Crippen LogP contribution in [-0.4, -0.2) is 16.2 Å². The van der Waals surface area contributed by atoms with Gasteiger partial charge in [0.25, 0.3) is 0 Å². The Kier molecular flexibility index (Phi) is 11.1. The smallest absolute Gasteiger partial charge is 0.137 e. The number of aromatic nitrogens is 2. The Morgan fingerprint density at radius 2 is 1.20 bits per heavy atom. The van der Waals surface area contributed by atoms with Crippen LogP contribution in [0.1, 0.15) is 137 Å². The van der Waals surface area contributed by atoms with E-state index in [1.807, 2.05) is 105 Å². The molecule has 0 bridgehead atoms. The van der Waals surface area contributed by atoms with E-state index in [1.165, 1.54) is 11.1 Å². The molecule has 11 aromatic rings. The molecular formula is C80H80N4O. The minimum Gasteiger partial charge on any atom is -0.457 e. The molecule has 0 unspecified atom stereocenters. The Labute approximate surface area is 518 Å². The zero-order valence-corrected chi connectivity index (χ0v) is 51.0. The second-order valence-corrected chi connectivity index (χ2v) is 26.9. The first-order valence-corrected chi connectivity index (χ1v) is 29.9. The van der Waals surface area contributed by atoms with Crippen LogP contribution in [0.5, 0.6) is 11.5 Å². The van der Waals surface area contributed by atoms with Gasteiger partial charge in [-0.05, 0) is 157 Å². The third-order valence-corrected chi connectivity index (χ3v) is 17.4. The molecule has 2 aliphatic rings. The number of hydrogen-bond acceptors (Lipinski definition) is 4. The van der Waals surface area contributed by atoms with E-state index >= 15 is 0 Å². The summed E-state index contributed by atoms with van der Waals surface area (Å²) in [7, 11) is 0. The molecule has 13 rings (SSSR count). The van der Waals surface area contributed by atoms with Gasteiger partial charge in [0.2, 0.25) is 0 Å². The summed E-state index contributed by atoms with van der Waals surface area (Å²) in [6.45, 7) is 26.4. The van der Waals surface area contributed by atoms with Crippen LogP contribution in [0, 0.1) is 5.92 Å². The molecule has 9 aromatic carbocycles. The lowest BCUT2D eigenvalue weighted by molar-refractivity contribution is 0.332. The first kappa shape index (κ1) is 44.8. The van der Waals surface area contributed by atoms with Crippen LogP contribution in [0.2, 0.25) is 0 Å². The second-order valence-electron chi connectivity index (χ2n) is 26.9. The Bertz CT molecular complexity index is 4910. The number of anilines is 4. The zero-order chi connectivity index (χ0) is 67.9. The molecule has 0 amide bonds. The lowest BCUT2D eigenvalue weighted by Crippen LogP contribution is -2.33. The molecule has 5 heteroatoms. The van der Waals surface area contributed by atoms with Crippen molar-refractivity contribution in [1.82, 2.24) is 9.55 Å². The van der Waals surface area contributed by atoms with Crippen molar-refractivity contribution in [1.29, 1.82) is 0 Å². The molecule has 0 N–H and O–H groups in total. The molecule has 426 valence electrons. The van der Waals surface area contributed by atoms with Crippen LogP contribution in [-0.2, 0) is 28.0 Å². The third-order valence-electron chi connectivity index (χ3n) is 17.4. The van der Waals surface area contributed by atoms with E-state index in [2.05, 4.69) is 134 Å². The lowest BCUT2D eigenvalue weighted by Gasteiger charge is -2.42. The van der Waals surface area contributed by atoms with Gasteiger partial charge in [-0.15, -0.1) is 0 Å². The van der Waals surface area contributed by atoms with Gasteiger partial charge >= 0.3 is 0 Å². The highest BCUT2D eigenvalue weighted by atomic mass is 16.5. The Balaban J connectivity index is 0.943. The summed E-state index contributed by atoms with van der Waals surface area (Å²) >= 11 is 0. The number of nitrogens with zero attached hydrogens (tertiary/aromatic N) is 4. The topological polar surface area (TPSA) is 33.5 Å². The molecule has 2 aromatic heterocycles. The van der Waals surface area contributed by atoms with Crippen molar-refractivity contribution >= 4 is 44.6 Å². The number of fused-ring (bicyclic) bond motifs is 5. The molecule has 3 heterocycles. The molecule has 1 aliphatic carbocycles. The lowest BCUT2D eigenvalue weighted by atomic mass is 9.63. The number of para-hydroxylation sites is 4. The fourth-order valence-electron chi connectivity index (χ4n) is 12.6. The van der Waals surface area contributed by atoms with Gasteiger partial charge in [0, 0.05) is 54.2 Å². The largest absolute Gasteiger partial charge is 0.457 e. The van der Waals surface area contributed by atoms with Crippen LogP contribution in [0.15, 0.2) is 212 Å². The maximum absolute atomic E-state index is 9.98. The van der Waals surface area contributed by atoms with Gasteiger partial charge < -0.3 is 14.5 Å². The number of rotatable bonds is 11. The summed E-state index contributed by atoms with van der Waals surface area (Å²) in [6, 6.07) is 49.9. The second kappa shape index (κ2) is 21.1. The van der Waals surface area contributed by atoms with Gasteiger partial charge in [0.1, 0.15) is 24.0 Å². The van der Waals surface area contributed by atoms with E-state index in [4.69, 9.17) is 12.5 Å². The van der Waals surface area contributed by atoms with Crippen molar-refractivity contribution in [3.63, 3.8) is 0 Å². The van der Waals surface area contributed by atoms with E-state index in [9.17, 15) is 11.0 Å². The molecule has 0 atom stereocenters. The quantitative estimate of drug-likeness (QED) is 0.129. The SMILES string of the molecule is [2H]c1c([2H])c(-c2ccccc2)c([2H])c(-c2cccc(-c3cc(C(C)(C)C)cc(C(C)(C)C)c3)c2N2CN(c3cccc(Oc4ccc5c6c([2H])c([2H])c([2H])c([2H])c6n(-c6cc(C([2H])([2H])C(C)C)c(-c7ccc8c(c7)C(C)(C)CCC8(C)C)cn6)c5c4)c3)c3ccccc32)c1[2H]. The molecule has 85 heavy (non-hydrogen) atoms. The number of ether oxygens (including phenoxy) is 1. The fraction of sp³-hybridized carbons (Fsp3) is 0.263. The minimum atomic E-state index is -1.85. The van der Waals surface area contributed by atoms with Gasteiger partial charge in [0.15, 0.2) is 0 Å². The molecule has 5 nitrogen and oxygen atoms in total. The molecule has 0 saturated carbocycles. The van der Waals surface area contributed by atoms with Gasteiger partial charge in [-0.2, -0.15) is 0 Å². The number of hydrogen-bond donors (Lipinski definition) is 0. The zero-order valence-electron chi connectivity index (χ0n) is 61.0. The highest BCUT2D eigenvalue weighted by Gasteiger charge is 2.38. The van der Waals surface area contributed by atoms with E-state index in [0.717, 1.165) is 63.4 Å². The van der Waals surface area contributed by atoms with Crippen LogP contribution in [0.25, 0.3) is 72.1 Å². The average Bonchev–Trinajstić information content (AvgIpc) is 1.62. The van der Waals surface area contributed by atoms with Crippen molar-refractivity contribution in [3.8, 4) is 61.8 Å². The molecule has 0 radical (unpaired) electrons. The van der Waals surface area contributed by atoms with Crippen molar-refractivity contribution in [2.24, 2.45) is 5.92 Å². The standard InChI is InChI=1S/C80H80N4O/c1-52(2)41-57-46-75(81-50-68(57)56-35-38-69-70(45-56)80(11,12)40-39-79(69,9)10)84-71-32-17-16-29-66(71)67-37-36-63(49-74(67)84)85-62-28-21-27-61(48-62)82-51-83(73-34-19-18-33-72(73)82)76-64(55-26-20-25-54(42-55)53-23-14-13-15-24-53)30-22-31-65(76)58-43-59(77(3,4)5)47-60(44-58)78(6,7)8/h13-38,42-50,52H,39-41,51H2,1-12H3/i16D,17D,20D,25D,26D,29D,32D,41D2,42D. The minimum absolute atomic E-state index is 0.00294. The van der Waals surface area contributed by atoms with Gasteiger partial charge in [-0.3, -0.25) is 4.57 Å². The summed E-state index contributed by atoms with van der Waals surface area (Å²) in [6.07, 6.45) is 1.94. The summed E-state index contributed by atoms with van der Waals surface area (Å²) in [5.74, 6) is 0.748. The maximum atomic E-state index is 9.98. The van der Waals surface area contributed by atoms with E-state index in [0.29, 0.717) is 55.9 Å². The van der Waals surface area contributed by atoms with Crippen molar-refractivity contribution < 1.29 is 18.4 Å². The first-order valence-electron chi connectivity index (χ1n) is 34.9. The number of benzene rings is 9. The maximum Gasteiger partial charge on any atom is 0.137 e. The van der Waals surface area contributed by atoms with Gasteiger partial charge in [-0.1, -0.05) is 222 Å². The fourth-order valence-corrected chi connectivity index (χ4v) is 12.6. The van der Waals surface area contributed by atoms with Gasteiger partial charge in [0.05, 0.1) is 39.1 Å². The van der Waals surface area contributed by atoms with Crippen molar-refractivity contribution in [2.75, 3.05) is 16.5 Å². The van der Waals surface area contributed by atoms with E-state index in [1.54, 1.807) is 22.9 Å². The third kappa shape index (κ3) is 10.4.